The van der Waals surface area contributed by atoms with Crippen molar-refractivity contribution in [2.24, 2.45) is 0 Å². The zero-order valence-electron chi connectivity index (χ0n) is 12.5. The zero-order valence-corrected chi connectivity index (χ0v) is 12.5. The minimum absolute atomic E-state index is 0.809. The predicted octanol–water partition coefficient (Wildman–Crippen LogP) is 3.30. The number of aromatic nitrogens is 1. The number of piperidine rings is 1. The van der Waals surface area contributed by atoms with Gasteiger partial charge in [-0.1, -0.05) is 18.2 Å². The molecule has 0 unspecified atom stereocenters. The van der Waals surface area contributed by atoms with Gasteiger partial charge in [0.1, 0.15) is 5.82 Å². The summed E-state index contributed by atoms with van der Waals surface area (Å²) in [5.74, 6) is 1.15. The Kier molecular flexibility index (Phi) is 3.52. The Hall–Kier alpha value is -1.61. The summed E-state index contributed by atoms with van der Waals surface area (Å²) in [7, 11) is 0. The van der Waals surface area contributed by atoms with Crippen LogP contribution in [0.2, 0.25) is 0 Å². The van der Waals surface area contributed by atoms with Crippen LogP contribution in [0.4, 0.5) is 5.82 Å². The van der Waals surface area contributed by atoms with E-state index in [1.807, 2.05) is 0 Å². The summed E-state index contributed by atoms with van der Waals surface area (Å²) in [6.45, 7) is 4.93. The largest absolute Gasteiger partial charge is 0.356 e. The lowest BCUT2D eigenvalue weighted by Gasteiger charge is -2.37. The van der Waals surface area contributed by atoms with Crippen molar-refractivity contribution < 1.29 is 0 Å². The normalized spacial score (nSPS) is 21.2. The molecule has 2 aliphatic heterocycles. The Morgan fingerprint density at radius 3 is 2.43 bits per heavy atom. The monoisotopic (exact) mass is 281 g/mol. The number of likely N-dealkylation sites (tertiary alicyclic amines) is 1. The Morgan fingerprint density at radius 1 is 0.857 bits per heavy atom. The van der Waals surface area contributed by atoms with Gasteiger partial charge in [0.25, 0.3) is 0 Å². The first-order chi connectivity index (χ1) is 10.4. The van der Waals surface area contributed by atoms with Crippen LogP contribution in [0.15, 0.2) is 36.4 Å². The van der Waals surface area contributed by atoms with Gasteiger partial charge in [0.05, 0.1) is 5.52 Å². The molecule has 3 heteroatoms. The van der Waals surface area contributed by atoms with Crippen LogP contribution in [0.25, 0.3) is 10.9 Å². The lowest BCUT2D eigenvalue weighted by Crippen LogP contribution is -2.44. The van der Waals surface area contributed by atoms with Crippen molar-refractivity contribution in [2.45, 2.75) is 31.7 Å². The molecular formula is C18H23N3. The van der Waals surface area contributed by atoms with E-state index in [-0.39, 0.29) is 0 Å². The van der Waals surface area contributed by atoms with Gasteiger partial charge in [0.15, 0.2) is 0 Å². The van der Waals surface area contributed by atoms with Crippen molar-refractivity contribution in [1.29, 1.82) is 0 Å². The summed E-state index contributed by atoms with van der Waals surface area (Å²) in [6.07, 6.45) is 5.36. The maximum absolute atomic E-state index is 4.83. The molecule has 2 fully saturated rings. The molecule has 2 aromatic rings. The van der Waals surface area contributed by atoms with Gasteiger partial charge in [-0.15, -0.1) is 0 Å². The van der Waals surface area contributed by atoms with E-state index in [1.165, 1.54) is 44.2 Å². The number of anilines is 1. The molecule has 4 rings (SSSR count). The average molecular weight is 281 g/mol. The van der Waals surface area contributed by atoms with E-state index in [2.05, 4.69) is 46.2 Å². The van der Waals surface area contributed by atoms with Crippen molar-refractivity contribution in [2.75, 3.05) is 31.1 Å². The van der Waals surface area contributed by atoms with Gasteiger partial charge in [-0.2, -0.15) is 0 Å². The average Bonchev–Trinajstić information content (AvgIpc) is 3.09. The van der Waals surface area contributed by atoms with E-state index in [4.69, 9.17) is 4.98 Å². The second-order valence-corrected chi connectivity index (χ2v) is 6.32. The van der Waals surface area contributed by atoms with Crippen LogP contribution in [0.3, 0.4) is 0 Å². The van der Waals surface area contributed by atoms with Crippen LogP contribution in [-0.2, 0) is 0 Å². The molecule has 0 amide bonds. The molecule has 0 atom stereocenters. The van der Waals surface area contributed by atoms with Gasteiger partial charge >= 0.3 is 0 Å². The summed E-state index contributed by atoms with van der Waals surface area (Å²) in [4.78, 5) is 9.99. The second-order valence-electron chi connectivity index (χ2n) is 6.32. The molecule has 1 aromatic heterocycles. The quantitative estimate of drug-likeness (QED) is 0.842. The summed E-state index contributed by atoms with van der Waals surface area (Å²) in [5, 5.41) is 1.23. The van der Waals surface area contributed by atoms with Gasteiger partial charge in [0, 0.05) is 24.5 Å². The number of benzene rings is 1. The molecule has 0 radical (unpaired) electrons. The van der Waals surface area contributed by atoms with Crippen LogP contribution in [0, 0.1) is 0 Å². The van der Waals surface area contributed by atoms with E-state index in [0.29, 0.717) is 0 Å². The van der Waals surface area contributed by atoms with Crippen LogP contribution in [0.1, 0.15) is 25.7 Å². The first-order valence-electron chi connectivity index (χ1n) is 8.25. The van der Waals surface area contributed by atoms with Crippen molar-refractivity contribution in [3.05, 3.63) is 36.4 Å². The van der Waals surface area contributed by atoms with Crippen LogP contribution >= 0.6 is 0 Å². The number of hydrogen-bond donors (Lipinski definition) is 0. The summed E-state index contributed by atoms with van der Waals surface area (Å²) < 4.78 is 0. The van der Waals surface area contributed by atoms with E-state index >= 15 is 0 Å². The Labute approximate surface area is 126 Å². The molecule has 0 N–H and O–H groups in total. The second kappa shape index (κ2) is 5.64. The van der Waals surface area contributed by atoms with Crippen molar-refractivity contribution in [1.82, 2.24) is 9.88 Å². The topological polar surface area (TPSA) is 19.4 Å². The maximum atomic E-state index is 4.83. The fourth-order valence-corrected chi connectivity index (χ4v) is 3.80. The van der Waals surface area contributed by atoms with Crippen LogP contribution in [0.5, 0.6) is 0 Å². The third-order valence-corrected chi connectivity index (χ3v) is 5.03. The van der Waals surface area contributed by atoms with E-state index in [9.17, 15) is 0 Å². The van der Waals surface area contributed by atoms with Gasteiger partial charge < -0.3 is 9.80 Å². The summed E-state index contributed by atoms with van der Waals surface area (Å²) >= 11 is 0. The molecule has 0 saturated carbocycles. The number of rotatable bonds is 2. The molecule has 0 bridgehead atoms. The minimum atomic E-state index is 0.809. The summed E-state index contributed by atoms with van der Waals surface area (Å²) in [5.41, 5.74) is 1.11. The highest BCUT2D eigenvalue weighted by Crippen LogP contribution is 2.25. The number of pyridine rings is 1. The van der Waals surface area contributed by atoms with E-state index < -0.39 is 0 Å². The van der Waals surface area contributed by atoms with E-state index in [0.717, 1.165) is 30.5 Å². The van der Waals surface area contributed by atoms with Gasteiger partial charge in [-0.3, -0.25) is 0 Å². The number of nitrogens with zero attached hydrogens (tertiary/aromatic N) is 3. The molecule has 0 spiro atoms. The van der Waals surface area contributed by atoms with Gasteiger partial charge in [-0.05, 0) is 57.0 Å². The molecule has 2 aliphatic rings. The molecule has 110 valence electrons. The SMILES string of the molecule is c1ccc2nc(N3CCC(N4CCCC4)CC3)ccc2c1. The zero-order chi connectivity index (χ0) is 14.1. The lowest BCUT2D eigenvalue weighted by atomic mass is 10.0. The molecular weight excluding hydrogens is 258 g/mol. The first kappa shape index (κ1) is 13.1. The highest BCUT2D eigenvalue weighted by molar-refractivity contribution is 5.80. The Morgan fingerprint density at radius 2 is 1.62 bits per heavy atom. The fraction of sp³-hybridized carbons (Fsp3) is 0.500. The molecule has 3 nitrogen and oxygen atoms in total. The Bertz CT molecular complexity index is 611. The Balaban J connectivity index is 1.46. The minimum Gasteiger partial charge on any atom is -0.356 e. The fourth-order valence-electron chi connectivity index (χ4n) is 3.80. The highest BCUT2D eigenvalue weighted by Gasteiger charge is 2.26. The number of para-hydroxylation sites is 1. The number of fused-ring (bicyclic) bond motifs is 1. The van der Waals surface area contributed by atoms with E-state index in [1.54, 1.807) is 0 Å². The summed E-state index contributed by atoms with van der Waals surface area (Å²) in [6, 6.07) is 13.6. The maximum Gasteiger partial charge on any atom is 0.129 e. The molecule has 1 aromatic carbocycles. The third-order valence-electron chi connectivity index (χ3n) is 5.03. The van der Waals surface area contributed by atoms with Crippen LogP contribution < -0.4 is 4.90 Å². The highest BCUT2D eigenvalue weighted by atomic mass is 15.2. The standard InChI is InChI=1S/C18H23N3/c1-2-6-17-15(5-1)7-8-18(19-17)21-13-9-16(10-14-21)20-11-3-4-12-20/h1-2,5-8,16H,3-4,9-14H2. The first-order valence-corrected chi connectivity index (χ1v) is 8.25. The molecule has 21 heavy (non-hydrogen) atoms. The predicted molar refractivity (Wildman–Crippen MR) is 87.8 cm³/mol. The molecule has 2 saturated heterocycles. The molecule has 3 heterocycles. The van der Waals surface area contributed by atoms with Crippen molar-refractivity contribution >= 4 is 16.7 Å². The number of hydrogen-bond acceptors (Lipinski definition) is 3. The third kappa shape index (κ3) is 2.62. The lowest BCUT2D eigenvalue weighted by molar-refractivity contribution is 0.207. The van der Waals surface area contributed by atoms with Gasteiger partial charge in [0.2, 0.25) is 0 Å². The van der Waals surface area contributed by atoms with Gasteiger partial charge in [-0.25, -0.2) is 4.98 Å². The van der Waals surface area contributed by atoms with Crippen LogP contribution in [-0.4, -0.2) is 42.1 Å². The smallest absolute Gasteiger partial charge is 0.129 e. The van der Waals surface area contributed by atoms with Crippen molar-refractivity contribution in [3.63, 3.8) is 0 Å². The van der Waals surface area contributed by atoms with Crippen molar-refractivity contribution in [3.8, 4) is 0 Å². The molecule has 0 aliphatic carbocycles.